The molecule has 0 aliphatic rings. The number of nitrogens with zero attached hydrogens (tertiary/aromatic N) is 4. The summed E-state index contributed by atoms with van der Waals surface area (Å²) in [5.74, 6) is 1.75. The molecule has 0 atom stereocenters. The standard InChI is InChI=1S/C46H26N4O2/c1-2-12-28(13-3-1)44-48-45(33-18-9-21-38-42(33)31-16-6-7-19-37(31)51-38)50-46(49-44)34-23-22-27-11-4-5-15-30(27)41(34)32-17-8-20-39-43(32)35-25-29-14-10-24-47-36(29)26-40(35)52-39/h1-26H. The number of pyridine rings is 1. The van der Waals surface area contributed by atoms with Crippen LogP contribution < -0.4 is 0 Å². The van der Waals surface area contributed by atoms with Crippen LogP contribution in [0.3, 0.4) is 0 Å². The second kappa shape index (κ2) is 11.2. The second-order valence-electron chi connectivity index (χ2n) is 13.0. The van der Waals surface area contributed by atoms with Crippen molar-refractivity contribution < 1.29 is 8.83 Å². The molecular formula is C46H26N4O2. The van der Waals surface area contributed by atoms with Crippen LogP contribution in [-0.4, -0.2) is 19.9 Å². The monoisotopic (exact) mass is 666 g/mol. The van der Waals surface area contributed by atoms with E-state index in [9.17, 15) is 0 Å². The van der Waals surface area contributed by atoms with E-state index in [4.69, 9.17) is 23.8 Å². The first-order valence-electron chi connectivity index (χ1n) is 17.2. The molecule has 0 unspecified atom stereocenters. The van der Waals surface area contributed by atoms with Crippen LogP contribution in [0.25, 0.3) is 111 Å². The molecule has 242 valence electrons. The van der Waals surface area contributed by atoms with E-state index in [1.165, 1.54) is 0 Å². The zero-order valence-corrected chi connectivity index (χ0v) is 27.6. The van der Waals surface area contributed by atoms with Gasteiger partial charge in [-0.2, -0.15) is 0 Å². The summed E-state index contributed by atoms with van der Waals surface area (Å²) in [6.45, 7) is 0. The van der Waals surface area contributed by atoms with E-state index in [1.54, 1.807) is 0 Å². The number of hydrogen-bond donors (Lipinski definition) is 0. The minimum Gasteiger partial charge on any atom is -0.456 e. The van der Waals surface area contributed by atoms with Crippen molar-refractivity contribution in [2.75, 3.05) is 0 Å². The van der Waals surface area contributed by atoms with Crippen molar-refractivity contribution in [3.63, 3.8) is 0 Å². The highest BCUT2D eigenvalue weighted by atomic mass is 16.3. The summed E-state index contributed by atoms with van der Waals surface area (Å²) in [7, 11) is 0. The summed E-state index contributed by atoms with van der Waals surface area (Å²) in [5.41, 5.74) is 8.86. The Morgan fingerprint density at radius 1 is 0.385 bits per heavy atom. The van der Waals surface area contributed by atoms with Crippen LogP contribution in [0, 0.1) is 0 Å². The highest BCUT2D eigenvalue weighted by Crippen LogP contribution is 2.45. The molecular weight excluding hydrogens is 641 g/mol. The number of hydrogen-bond acceptors (Lipinski definition) is 6. The van der Waals surface area contributed by atoms with Crippen LogP contribution >= 0.6 is 0 Å². The van der Waals surface area contributed by atoms with Crippen LogP contribution in [-0.2, 0) is 0 Å². The lowest BCUT2D eigenvalue weighted by Crippen LogP contribution is -2.01. The summed E-state index contributed by atoms with van der Waals surface area (Å²) in [4.78, 5) is 20.2. The van der Waals surface area contributed by atoms with Crippen LogP contribution in [0.5, 0.6) is 0 Å². The molecule has 6 nitrogen and oxygen atoms in total. The summed E-state index contributed by atoms with van der Waals surface area (Å²) >= 11 is 0. The maximum Gasteiger partial charge on any atom is 0.164 e. The first-order chi connectivity index (χ1) is 25.8. The normalized spacial score (nSPS) is 11.8. The summed E-state index contributed by atoms with van der Waals surface area (Å²) in [5, 5.41) is 7.33. The largest absolute Gasteiger partial charge is 0.456 e. The predicted octanol–water partition coefficient (Wildman–Crippen LogP) is 12.0. The Labute approximate surface area is 296 Å². The molecule has 0 spiro atoms. The van der Waals surface area contributed by atoms with E-state index in [-0.39, 0.29) is 0 Å². The van der Waals surface area contributed by atoms with Gasteiger partial charge in [-0.1, -0.05) is 109 Å². The van der Waals surface area contributed by atoms with Gasteiger partial charge in [-0.3, -0.25) is 4.98 Å². The lowest BCUT2D eigenvalue weighted by atomic mass is 9.90. The highest BCUT2D eigenvalue weighted by Gasteiger charge is 2.23. The van der Waals surface area contributed by atoms with Gasteiger partial charge >= 0.3 is 0 Å². The number of furan rings is 2. The van der Waals surface area contributed by atoms with Crippen molar-refractivity contribution in [1.29, 1.82) is 0 Å². The lowest BCUT2D eigenvalue weighted by Gasteiger charge is -2.16. The van der Waals surface area contributed by atoms with Gasteiger partial charge in [-0.05, 0) is 52.7 Å². The smallest absolute Gasteiger partial charge is 0.164 e. The molecule has 0 aliphatic heterocycles. The third kappa shape index (κ3) is 4.38. The molecule has 52 heavy (non-hydrogen) atoms. The van der Waals surface area contributed by atoms with Crippen molar-refractivity contribution in [3.05, 3.63) is 158 Å². The predicted molar refractivity (Wildman–Crippen MR) is 209 cm³/mol. The van der Waals surface area contributed by atoms with Gasteiger partial charge in [0.05, 0.1) is 5.52 Å². The fourth-order valence-electron chi connectivity index (χ4n) is 7.64. The molecule has 7 aromatic carbocycles. The van der Waals surface area contributed by atoms with Crippen LogP contribution in [0.2, 0.25) is 0 Å². The zero-order chi connectivity index (χ0) is 34.2. The van der Waals surface area contributed by atoms with Gasteiger partial charge in [0.25, 0.3) is 0 Å². The van der Waals surface area contributed by atoms with Crippen molar-refractivity contribution in [2.24, 2.45) is 0 Å². The minimum absolute atomic E-state index is 0.575. The molecule has 0 saturated heterocycles. The van der Waals surface area contributed by atoms with Gasteiger partial charge in [-0.25, -0.2) is 15.0 Å². The average molecular weight is 667 g/mol. The molecule has 4 aromatic heterocycles. The van der Waals surface area contributed by atoms with E-state index in [0.29, 0.717) is 17.5 Å². The third-order valence-corrected chi connectivity index (χ3v) is 9.97. The van der Waals surface area contributed by atoms with Gasteiger partial charge in [-0.15, -0.1) is 0 Å². The zero-order valence-electron chi connectivity index (χ0n) is 27.6. The van der Waals surface area contributed by atoms with Gasteiger partial charge in [0.2, 0.25) is 0 Å². The lowest BCUT2D eigenvalue weighted by molar-refractivity contribution is 0.669. The number of benzene rings is 7. The molecule has 0 fully saturated rings. The maximum absolute atomic E-state index is 6.51. The molecule has 0 radical (unpaired) electrons. The second-order valence-corrected chi connectivity index (χ2v) is 13.0. The van der Waals surface area contributed by atoms with Gasteiger partial charge in [0.1, 0.15) is 22.3 Å². The molecule has 0 amide bonds. The Bertz CT molecular complexity index is 3200. The Morgan fingerprint density at radius 3 is 1.90 bits per heavy atom. The van der Waals surface area contributed by atoms with Crippen molar-refractivity contribution >= 4 is 65.6 Å². The van der Waals surface area contributed by atoms with Crippen LogP contribution in [0.4, 0.5) is 0 Å². The molecule has 0 bridgehead atoms. The topological polar surface area (TPSA) is 77.8 Å². The molecule has 0 saturated carbocycles. The summed E-state index contributed by atoms with van der Waals surface area (Å²) in [6.07, 6.45) is 1.81. The number of rotatable bonds is 4. The Kier molecular flexibility index (Phi) is 6.15. The molecule has 6 heteroatoms. The Balaban J connectivity index is 1.24. The van der Waals surface area contributed by atoms with E-state index < -0.39 is 0 Å². The Hall–Kier alpha value is -7.18. The fourth-order valence-corrected chi connectivity index (χ4v) is 7.64. The summed E-state index contributed by atoms with van der Waals surface area (Å²) < 4.78 is 12.8. The number of aromatic nitrogens is 4. The van der Waals surface area contributed by atoms with E-state index in [1.807, 2.05) is 85.1 Å². The molecule has 4 heterocycles. The Morgan fingerprint density at radius 2 is 1.04 bits per heavy atom. The van der Waals surface area contributed by atoms with Gasteiger partial charge in [0.15, 0.2) is 17.5 Å². The van der Waals surface area contributed by atoms with Crippen molar-refractivity contribution in [1.82, 2.24) is 19.9 Å². The highest BCUT2D eigenvalue weighted by molar-refractivity contribution is 6.19. The average Bonchev–Trinajstić information content (AvgIpc) is 3.78. The van der Waals surface area contributed by atoms with Crippen molar-refractivity contribution in [3.8, 4) is 45.3 Å². The van der Waals surface area contributed by atoms with Crippen LogP contribution in [0.1, 0.15) is 0 Å². The number of fused-ring (bicyclic) bond motifs is 8. The molecule has 11 rings (SSSR count). The fraction of sp³-hybridized carbons (Fsp3) is 0. The number of para-hydroxylation sites is 1. The van der Waals surface area contributed by atoms with Crippen molar-refractivity contribution in [2.45, 2.75) is 0 Å². The minimum atomic E-state index is 0.575. The first kappa shape index (κ1) is 28.6. The van der Waals surface area contributed by atoms with E-state index in [2.05, 4.69) is 77.8 Å². The maximum atomic E-state index is 6.51. The molecule has 11 aromatic rings. The van der Waals surface area contributed by atoms with E-state index in [0.717, 1.165) is 93.4 Å². The van der Waals surface area contributed by atoms with Gasteiger partial charge in [0, 0.05) is 61.4 Å². The quantitative estimate of drug-likeness (QED) is 0.186. The molecule has 0 aliphatic carbocycles. The van der Waals surface area contributed by atoms with E-state index >= 15 is 0 Å². The third-order valence-electron chi connectivity index (χ3n) is 9.97. The molecule has 0 N–H and O–H groups in total. The SMILES string of the molecule is c1ccc(-c2nc(-c3ccc4ccccc4c3-c3cccc4oc5cc6ncccc6cc5c34)nc(-c3cccc4oc5ccccc5c34)n2)cc1. The summed E-state index contributed by atoms with van der Waals surface area (Å²) in [6, 6.07) is 51.6. The van der Waals surface area contributed by atoms with Crippen LogP contribution in [0.15, 0.2) is 167 Å². The first-order valence-corrected chi connectivity index (χ1v) is 17.2. The van der Waals surface area contributed by atoms with Gasteiger partial charge < -0.3 is 8.83 Å².